The molecule has 0 aliphatic rings. The number of aromatic amines is 1. The number of anilines is 1. The first-order valence-electron chi connectivity index (χ1n) is 6.17. The van der Waals surface area contributed by atoms with Crippen LogP contribution in [0.1, 0.15) is 28.7 Å². The van der Waals surface area contributed by atoms with Crippen LogP contribution in [-0.2, 0) is 13.0 Å². The molecule has 0 bridgehead atoms. The highest BCUT2D eigenvalue weighted by molar-refractivity contribution is 5.94. The molecule has 0 saturated heterocycles. The maximum absolute atomic E-state index is 12.1. The number of H-pyrrole nitrogens is 1. The Morgan fingerprint density at radius 3 is 2.89 bits per heavy atom. The lowest BCUT2D eigenvalue weighted by atomic mass is 10.2. The van der Waals surface area contributed by atoms with Gasteiger partial charge in [0.15, 0.2) is 0 Å². The van der Waals surface area contributed by atoms with E-state index in [9.17, 15) is 4.79 Å². The fraction of sp³-hybridized carbons (Fsp3) is 0.308. The summed E-state index contributed by atoms with van der Waals surface area (Å²) in [5, 5.41) is 5.80. The molecule has 0 saturated carbocycles. The predicted molar refractivity (Wildman–Crippen MR) is 72.9 cm³/mol. The Hall–Kier alpha value is -2.37. The van der Waals surface area contributed by atoms with Crippen molar-refractivity contribution in [3.05, 3.63) is 41.6 Å². The summed E-state index contributed by atoms with van der Waals surface area (Å²) < 4.78 is 0. The van der Waals surface area contributed by atoms with Crippen molar-refractivity contribution in [2.24, 2.45) is 0 Å². The molecule has 6 nitrogen and oxygen atoms in total. The fourth-order valence-corrected chi connectivity index (χ4v) is 1.69. The molecule has 0 aromatic carbocycles. The third kappa shape index (κ3) is 3.31. The van der Waals surface area contributed by atoms with Gasteiger partial charge >= 0.3 is 0 Å². The first-order chi connectivity index (χ1) is 9.22. The second kappa shape index (κ2) is 5.99. The van der Waals surface area contributed by atoms with E-state index >= 15 is 0 Å². The number of rotatable bonds is 5. The van der Waals surface area contributed by atoms with Crippen molar-refractivity contribution in [3.63, 3.8) is 0 Å². The molecule has 100 valence electrons. The molecule has 2 aromatic rings. The van der Waals surface area contributed by atoms with Crippen LogP contribution >= 0.6 is 0 Å². The third-order valence-electron chi connectivity index (χ3n) is 2.75. The van der Waals surface area contributed by atoms with Crippen LogP contribution in [0, 0.1) is 0 Å². The highest BCUT2D eigenvalue weighted by atomic mass is 16.1. The van der Waals surface area contributed by atoms with Gasteiger partial charge in [-0.25, -0.2) is 9.97 Å². The number of hydrogen-bond donors (Lipinski definition) is 3. The van der Waals surface area contributed by atoms with Crippen LogP contribution in [0.4, 0.5) is 5.82 Å². The van der Waals surface area contributed by atoms with Gasteiger partial charge in [-0.1, -0.05) is 6.92 Å². The van der Waals surface area contributed by atoms with Gasteiger partial charge in [0.1, 0.15) is 5.82 Å². The van der Waals surface area contributed by atoms with Gasteiger partial charge in [-0.05, 0) is 18.6 Å². The zero-order valence-electron chi connectivity index (χ0n) is 11.0. The van der Waals surface area contributed by atoms with Crippen molar-refractivity contribution in [1.82, 2.24) is 20.3 Å². The highest BCUT2D eigenvalue weighted by Crippen LogP contribution is 2.11. The van der Waals surface area contributed by atoms with Gasteiger partial charge in [-0.3, -0.25) is 4.79 Å². The van der Waals surface area contributed by atoms with Crippen LogP contribution in [0.5, 0.6) is 0 Å². The topological polar surface area (TPSA) is 82.7 Å². The summed E-state index contributed by atoms with van der Waals surface area (Å²) in [4.78, 5) is 23.3. The Balaban J connectivity index is 2.09. The summed E-state index contributed by atoms with van der Waals surface area (Å²) in [6, 6.07) is 3.55. The van der Waals surface area contributed by atoms with Crippen LogP contribution in [0.15, 0.2) is 24.7 Å². The van der Waals surface area contributed by atoms with Gasteiger partial charge in [0.2, 0.25) is 0 Å². The van der Waals surface area contributed by atoms with Crippen LogP contribution in [0.3, 0.4) is 0 Å². The lowest BCUT2D eigenvalue weighted by Gasteiger charge is -2.08. The van der Waals surface area contributed by atoms with E-state index in [1.165, 1.54) is 0 Å². The molecular formula is C13H17N5O. The van der Waals surface area contributed by atoms with Crippen LogP contribution in [-0.4, -0.2) is 27.9 Å². The van der Waals surface area contributed by atoms with Gasteiger partial charge in [-0.15, -0.1) is 0 Å². The van der Waals surface area contributed by atoms with Crippen molar-refractivity contribution in [2.45, 2.75) is 19.9 Å². The van der Waals surface area contributed by atoms with E-state index in [0.29, 0.717) is 17.9 Å². The predicted octanol–water partition coefficient (Wildman–Crippen LogP) is 1.34. The molecule has 0 fully saturated rings. The number of carbonyl (C=O) groups excluding carboxylic acids is 1. The minimum absolute atomic E-state index is 0.122. The monoisotopic (exact) mass is 259 g/mol. The van der Waals surface area contributed by atoms with Crippen LogP contribution in [0.25, 0.3) is 0 Å². The SMILES string of the molecule is CCc1cc(C(=O)NCc2cnc[nH]2)cc(NC)n1. The Bertz CT molecular complexity index is 528. The summed E-state index contributed by atoms with van der Waals surface area (Å²) >= 11 is 0. The molecule has 0 aliphatic carbocycles. The number of nitrogens with one attached hydrogen (secondary N) is 3. The number of aryl methyl sites for hydroxylation is 1. The second-order valence-electron chi connectivity index (χ2n) is 4.10. The maximum atomic E-state index is 12.1. The minimum atomic E-state index is -0.122. The normalized spacial score (nSPS) is 10.2. The number of aromatic nitrogens is 3. The molecule has 3 N–H and O–H groups in total. The van der Waals surface area contributed by atoms with Gasteiger partial charge in [0, 0.05) is 24.5 Å². The fourth-order valence-electron chi connectivity index (χ4n) is 1.69. The number of nitrogens with zero attached hydrogens (tertiary/aromatic N) is 2. The quantitative estimate of drug-likeness (QED) is 0.756. The molecule has 0 spiro atoms. The number of amides is 1. The first kappa shape index (κ1) is 13.1. The number of imidazole rings is 1. The van der Waals surface area contributed by atoms with Crippen molar-refractivity contribution in [1.29, 1.82) is 0 Å². The average Bonchev–Trinajstić information content (AvgIpc) is 2.97. The summed E-state index contributed by atoms with van der Waals surface area (Å²) in [6.07, 6.45) is 4.06. The Morgan fingerprint density at radius 2 is 2.26 bits per heavy atom. The van der Waals surface area contributed by atoms with Gasteiger partial charge in [0.05, 0.1) is 18.6 Å². The van der Waals surface area contributed by atoms with E-state index in [-0.39, 0.29) is 5.91 Å². The van der Waals surface area contributed by atoms with Crippen LogP contribution in [0.2, 0.25) is 0 Å². The molecule has 0 atom stereocenters. The molecule has 0 radical (unpaired) electrons. The largest absolute Gasteiger partial charge is 0.373 e. The van der Waals surface area contributed by atoms with Gasteiger partial charge in [0.25, 0.3) is 5.91 Å². The summed E-state index contributed by atoms with van der Waals surface area (Å²) in [7, 11) is 1.79. The second-order valence-corrected chi connectivity index (χ2v) is 4.10. The van der Waals surface area contributed by atoms with Gasteiger partial charge < -0.3 is 15.6 Å². The van der Waals surface area contributed by atoms with Gasteiger partial charge in [-0.2, -0.15) is 0 Å². The molecule has 6 heteroatoms. The minimum Gasteiger partial charge on any atom is -0.373 e. The van der Waals surface area contributed by atoms with Crippen molar-refractivity contribution >= 4 is 11.7 Å². The van der Waals surface area contributed by atoms with E-state index in [2.05, 4.69) is 25.6 Å². The molecule has 1 amide bonds. The lowest BCUT2D eigenvalue weighted by Crippen LogP contribution is -2.23. The zero-order chi connectivity index (χ0) is 13.7. The lowest BCUT2D eigenvalue weighted by molar-refractivity contribution is 0.0950. The third-order valence-corrected chi connectivity index (χ3v) is 2.75. The Kier molecular flexibility index (Phi) is 4.12. The summed E-state index contributed by atoms with van der Waals surface area (Å²) in [5.74, 6) is 0.578. The van der Waals surface area contributed by atoms with E-state index in [4.69, 9.17) is 0 Å². The van der Waals surface area contributed by atoms with Crippen molar-refractivity contribution in [3.8, 4) is 0 Å². The van der Waals surface area contributed by atoms with Crippen molar-refractivity contribution in [2.75, 3.05) is 12.4 Å². The Labute approximate surface area is 111 Å². The molecule has 2 rings (SSSR count). The highest BCUT2D eigenvalue weighted by Gasteiger charge is 2.09. The number of pyridine rings is 1. The van der Waals surface area contributed by atoms with E-state index < -0.39 is 0 Å². The molecule has 19 heavy (non-hydrogen) atoms. The smallest absolute Gasteiger partial charge is 0.251 e. The van der Waals surface area contributed by atoms with E-state index in [1.54, 1.807) is 25.6 Å². The maximum Gasteiger partial charge on any atom is 0.251 e. The first-order valence-corrected chi connectivity index (χ1v) is 6.17. The molecular weight excluding hydrogens is 242 g/mol. The van der Waals surface area contributed by atoms with E-state index in [0.717, 1.165) is 17.8 Å². The zero-order valence-corrected chi connectivity index (χ0v) is 11.0. The molecule has 2 heterocycles. The Morgan fingerprint density at radius 1 is 1.42 bits per heavy atom. The number of carbonyl (C=O) groups is 1. The van der Waals surface area contributed by atoms with Crippen LogP contribution < -0.4 is 10.6 Å². The number of hydrogen-bond acceptors (Lipinski definition) is 4. The summed E-state index contributed by atoms with van der Waals surface area (Å²) in [6.45, 7) is 2.44. The molecule has 2 aromatic heterocycles. The standard InChI is InChI=1S/C13H17N5O/c1-3-10-4-9(5-12(14-2)18-10)13(19)16-7-11-6-15-8-17-11/h4-6,8H,3,7H2,1-2H3,(H,14,18)(H,15,17)(H,16,19). The summed E-state index contributed by atoms with van der Waals surface area (Å²) in [5.41, 5.74) is 2.36. The molecule has 0 unspecified atom stereocenters. The molecule has 0 aliphatic heterocycles. The van der Waals surface area contributed by atoms with E-state index in [1.807, 2.05) is 13.0 Å². The van der Waals surface area contributed by atoms with Crippen molar-refractivity contribution < 1.29 is 4.79 Å². The average molecular weight is 259 g/mol.